The van der Waals surface area contributed by atoms with Gasteiger partial charge in [0, 0.05) is 11.8 Å². The van der Waals surface area contributed by atoms with Gasteiger partial charge in [0.1, 0.15) is 11.3 Å². The summed E-state index contributed by atoms with van der Waals surface area (Å²) in [5.74, 6) is -0.637. The van der Waals surface area contributed by atoms with Crippen molar-refractivity contribution < 1.29 is 14.6 Å². The van der Waals surface area contributed by atoms with E-state index in [1.807, 2.05) is 0 Å². The highest BCUT2D eigenvalue weighted by Gasteiger charge is 2.11. The number of ether oxygens (including phenoxy) is 1. The minimum Gasteiger partial charge on any atom is -0.493 e. The maximum atomic E-state index is 10.9. The number of carboxylic acid groups (broad SMARTS) is 1. The predicted octanol–water partition coefficient (Wildman–Crippen LogP) is 2.93. The van der Waals surface area contributed by atoms with Crippen molar-refractivity contribution in [2.45, 2.75) is 32.6 Å². The Morgan fingerprint density at radius 2 is 2.12 bits per heavy atom. The van der Waals surface area contributed by atoms with Crippen LogP contribution in [0.25, 0.3) is 0 Å². The van der Waals surface area contributed by atoms with Crippen molar-refractivity contribution in [1.82, 2.24) is 0 Å². The Morgan fingerprint density at radius 3 is 2.76 bits per heavy atom. The van der Waals surface area contributed by atoms with Gasteiger partial charge in [0.25, 0.3) is 0 Å². The molecule has 0 aliphatic carbocycles. The number of rotatable bonds is 7. The fraction of sp³-hybridized carbons (Fsp3) is 0.462. The molecule has 4 heteroatoms. The van der Waals surface area contributed by atoms with Crippen LogP contribution in [0, 0.1) is 0 Å². The van der Waals surface area contributed by atoms with Gasteiger partial charge < -0.3 is 15.6 Å². The van der Waals surface area contributed by atoms with E-state index in [2.05, 4.69) is 6.92 Å². The molecule has 0 atom stereocenters. The van der Waals surface area contributed by atoms with E-state index in [-0.39, 0.29) is 5.56 Å². The molecule has 0 amide bonds. The maximum Gasteiger partial charge on any atom is 0.339 e. The van der Waals surface area contributed by atoms with Gasteiger partial charge in [-0.3, -0.25) is 0 Å². The van der Waals surface area contributed by atoms with Gasteiger partial charge in [0.05, 0.1) is 6.61 Å². The summed E-state index contributed by atoms with van der Waals surface area (Å²) in [7, 11) is 0. The monoisotopic (exact) mass is 237 g/mol. The molecule has 17 heavy (non-hydrogen) atoms. The third-order valence-electron chi connectivity index (χ3n) is 2.49. The first-order valence-electron chi connectivity index (χ1n) is 5.90. The molecule has 0 aliphatic rings. The maximum absolute atomic E-state index is 10.9. The second-order valence-electron chi connectivity index (χ2n) is 3.97. The second kappa shape index (κ2) is 6.78. The lowest BCUT2D eigenvalue weighted by atomic mass is 10.2. The van der Waals surface area contributed by atoms with E-state index in [9.17, 15) is 4.79 Å². The molecule has 0 saturated carbocycles. The average Bonchev–Trinajstić information content (AvgIpc) is 2.28. The normalized spacial score (nSPS) is 10.2. The quantitative estimate of drug-likeness (QED) is 0.565. The molecule has 0 radical (unpaired) electrons. The second-order valence-corrected chi connectivity index (χ2v) is 3.97. The highest BCUT2D eigenvalue weighted by Crippen LogP contribution is 2.22. The van der Waals surface area contributed by atoms with Crippen LogP contribution in [0.5, 0.6) is 5.75 Å². The van der Waals surface area contributed by atoms with Crippen LogP contribution in [0.15, 0.2) is 18.2 Å². The van der Waals surface area contributed by atoms with Crippen LogP contribution < -0.4 is 10.5 Å². The van der Waals surface area contributed by atoms with Crippen molar-refractivity contribution in [2.75, 3.05) is 12.3 Å². The summed E-state index contributed by atoms with van der Waals surface area (Å²) in [5, 5.41) is 8.98. The molecule has 1 aromatic rings. The number of carbonyl (C=O) groups is 1. The molecule has 1 rings (SSSR count). The minimum absolute atomic E-state index is 0.162. The van der Waals surface area contributed by atoms with Crippen molar-refractivity contribution in [3.8, 4) is 5.75 Å². The summed E-state index contributed by atoms with van der Waals surface area (Å²) in [6.45, 7) is 2.67. The van der Waals surface area contributed by atoms with Gasteiger partial charge in [-0.25, -0.2) is 4.79 Å². The molecule has 0 fully saturated rings. The number of benzene rings is 1. The highest BCUT2D eigenvalue weighted by atomic mass is 16.5. The van der Waals surface area contributed by atoms with E-state index in [4.69, 9.17) is 15.6 Å². The Hall–Kier alpha value is -1.71. The van der Waals surface area contributed by atoms with Crippen molar-refractivity contribution in [3.05, 3.63) is 23.8 Å². The summed E-state index contributed by atoms with van der Waals surface area (Å²) in [6.07, 6.45) is 4.37. The number of nitrogen functional groups attached to an aromatic ring is 1. The van der Waals surface area contributed by atoms with Crippen LogP contribution in [-0.4, -0.2) is 17.7 Å². The lowest BCUT2D eigenvalue weighted by Gasteiger charge is -2.09. The molecule has 0 unspecified atom stereocenters. The number of hydrogen-bond acceptors (Lipinski definition) is 3. The summed E-state index contributed by atoms with van der Waals surface area (Å²) >= 11 is 0. The average molecular weight is 237 g/mol. The van der Waals surface area contributed by atoms with Crippen LogP contribution >= 0.6 is 0 Å². The SMILES string of the molecule is CCCCCCOc1cc(N)ccc1C(=O)O. The number of anilines is 1. The lowest BCUT2D eigenvalue weighted by molar-refractivity contribution is 0.0692. The van der Waals surface area contributed by atoms with E-state index >= 15 is 0 Å². The Morgan fingerprint density at radius 1 is 1.35 bits per heavy atom. The van der Waals surface area contributed by atoms with Crippen LogP contribution in [-0.2, 0) is 0 Å². The van der Waals surface area contributed by atoms with Crippen LogP contribution in [0.3, 0.4) is 0 Å². The standard InChI is InChI=1S/C13H19NO3/c1-2-3-4-5-8-17-12-9-10(14)6-7-11(12)13(15)16/h6-7,9H,2-5,8,14H2,1H3,(H,15,16). The smallest absolute Gasteiger partial charge is 0.339 e. The molecular weight excluding hydrogens is 218 g/mol. The van der Waals surface area contributed by atoms with Crippen molar-refractivity contribution >= 4 is 11.7 Å². The molecule has 0 aromatic heterocycles. The zero-order chi connectivity index (χ0) is 12.7. The largest absolute Gasteiger partial charge is 0.493 e. The van der Waals surface area contributed by atoms with E-state index in [1.54, 1.807) is 12.1 Å². The zero-order valence-corrected chi connectivity index (χ0v) is 10.1. The fourth-order valence-electron chi connectivity index (χ4n) is 1.55. The molecule has 0 saturated heterocycles. The van der Waals surface area contributed by atoms with Gasteiger partial charge >= 0.3 is 5.97 Å². The molecule has 94 valence electrons. The zero-order valence-electron chi connectivity index (χ0n) is 10.1. The predicted molar refractivity (Wildman–Crippen MR) is 67.5 cm³/mol. The number of aromatic carboxylic acids is 1. The first kappa shape index (κ1) is 13.4. The van der Waals surface area contributed by atoms with Crippen LogP contribution in [0.2, 0.25) is 0 Å². The summed E-state index contributed by atoms with van der Waals surface area (Å²) in [6, 6.07) is 4.59. The van der Waals surface area contributed by atoms with Crippen LogP contribution in [0.4, 0.5) is 5.69 Å². The van der Waals surface area contributed by atoms with Crippen LogP contribution in [0.1, 0.15) is 43.0 Å². The Labute approximate surface area is 101 Å². The van der Waals surface area contributed by atoms with Crippen molar-refractivity contribution in [1.29, 1.82) is 0 Å². The summed E-state index contributed by atoms with van der Waals surface area (Å²) in [4.78, 5) is 10.9. The topological polar surface area (TPSA) is 72.5 Å². The number of carboxylic acids is 1. The minimum atomic E-state index is -0.992. The van der Waals surface area contributed by atoms with E-state index < -0.39 is 5.97 Å². The third kappa shape index (κ3) is 4.34. The Balaban J connectivity index is 2.56. The fourth-order valence-corrected chi connectivity index (χ4v) is 1.55. The summed E-state index contributed by atoms with van der Waals surface area (Å²) in [5.41, 5.74) is 6.28. The first-order valence-corrected chi connectivity index (χ1v) is 5.90. The molecule has 0 aliphatic heterocycles. The van der Waals surface area contributed by atoms with Gasteiger partial charge in [-0.15, -0.1) is 0 Å². The van der Waals surface area contributed by atoms with Gasteiger partial charge in [-0.05, 0) is 18.6 Å². The van der Waals surface area contributed by atoms with Gasteiger partial charge in [-0.2, -0.15) is 0 Å². The van der Waals surface area contributed by atoms with E-state index in [0.717, 1.165) is 12.8 Å². The molecule has 3 N–H and O–H groups in total. The number of unbranched alkanes of at least 4 members (excludes halogenated alkanes) is 3. The molecule has 0 spiro atoms. The Bertz CT molecular complexity index is 377. The number of hydrogen-bond donors (Lipinski definition) is 2. The van der Waals surface area contributed by atoms with Gasteiger partial charge in [0.15, 0.2) is 0 Å². The molecular formula is C13H19NO3. The lowest BCUT2D eigenvalue weighted by Crippen LogP contribution is -2.05. The Kier molecular flexibility index (Phi) is 5.33. The summed E-state index contributed by atoms with van der Waals surface area (Å²) < 4.78 is 5.47. The van der Waals surface area contributed by atoms with E-state index in [0.29, 0.717) is 18.0 Å². The highest BCUT2D eigenvalue weighted by molar-refractivity contribution is 5.91. The molecule has 4 nitrogen and oxygen atoms in total. The van der Waals surface area contributed by atoms with Crippen molar-refractivity contribution in [3.63, 3.8) is 0 Å². The van der Waals surface area contributed by atoms with Gasteiger partial charge in [-0.1, -0.05) is 26.2 Å². The molecule has 0 bridgehead atoms. The number of nitrogens with two attached hydrogens (primary N) is 1. The molecule has 1 aromatic carbocycles. The molecule has 0 heterocycles. The van der Waals surface area contributed by atoms with E-state index in [1.165, 1.54) is 18.9 Å². The first-order chi connectivity index (χ1) is 8.15. The van der Waals surface area contributed by atoms with Crippen molar-refractivity contribution in [2.24, 2.45) is 0 Å². The third-order valence-corrected chi connectivity index (χ3v) is 2.49. The van der Waals surface area contributed by atoms with Gasteiger partial charge in [0.2, 0.25) is 0 Å².